The van der Waals surface area contributed by atoms with E-state index in [2.05, 4.69) is 16.5 Å². The molecule has 2 aromatic rings. The van der Waals surface area contributed by atoms with Crippen molar-refractivity contribution in [3.63, 3.8) is 0 Å². The molecule has 12 heavy (non-hydrogen) atoms. The Hall–Kier alpha value is -1.64. The standard InChI is InChI=1S/C9H8N2O/c1-6(2)8-11-7-4-3-5-10-9(7)12-8/h3-5H,1H2,2H3. The van der Waals surface area contributed by atoms with Crippen LogP contribution in [0.25, 0.3) is 16.8 Å². The van der Waals surface area contributed by atoms with E-state index in [9.17, 15) is 0 Å². The summed E-state index contributed by atoms with van der Waals surface area (Å²) in [5, 5.41) is 0. The average molecular weight is 160 g/mol. The zero-order valence-electron chi connectivity index (χ0n) is 6.74. The second kappa shape index (κ2) is 2.44. The molecule has 2 rings (SSSR count). The van der Waals surface area contributed by atoms with Crippen molar-refractivity contribution in [2.45, 2.75) is 6.92 Å². The quantitative estimate of drug-likeness (QED) is 0.642. The number of nitrogens with zero attached hydrogens (tertiary/aromatic N) is 2. The third kappa shape index (κ3) is 0.993. The van der Waals surface area contributed by atoms with E-state index in [-0.39, 0.29) is 0 Å². The second-order valence-corrected chi connectivity index (χ2v) is 2.63. The summed E-state index contributed by atoms with van der Waals surface area (Å²) in [6, 6.07) is 3.69. The fraction of sp³-hybridized carbons (Fsp3) is 0.111. The molecule has 0 radical (unpaired) electrons. The van der Waals surface area contributed by atoms with Crippen LogP contribution < -0.4 is 0 Å². The number of hydrogen-bond acceptors (Lipinski definition) is 3. The first-order valence-corrected chi connectivity index (χ1v) is 3.65. The van der Waals surface area contributed by atoms with Crippen molar-refractivity contribution in [2.75, 3.05) is 0 Å². The molecule has 0 aliphatic carbocycles. The first kappa shape index (κ1) is 7.03. The molecule has 0 unspecified atom stereocenters. The third-order valence-corrected chi connectivity index (χ3v) is 1.53. The number of fused-ring (bicyclic) bond motifs is 1. The molecule has 60 valence electrons. The summed E-state index contributed by atoms with van der Waals surface area (Å²) >= 11 is 0. The Morgan fingerprint density at radius 1 is 1.58 bits per heavy atom. The van der Waals surface area contributed by atoms with Crippen molar-refractivity contribution < 1.29 is 4.42 Å². The van der Waals surface area contributed by atoms with Gasteiger partial charge >= 0.3 is 0 Å². The van der Waals surface area contributed by atoms with Gasteiger partial charge in [-0.05, 0) is 19.1 Å². The number of hydrogen-bond donors (Lipinski definition) is 0. The summed E-state index contributed by atoms with van der Waals surface area (Å²) in [6.07, 6.45) is 1.68. The molecule has 2 heterocycles. The first-order chi connectivity index (χ1) is 5.77. The fourth-order valence-corrected chi connectivity index (χ4v) is 0.952. The Balaban J connectivity index is 2.70. The van der Waals surface area contributed by atoms with Gasteiger partial charge in [-0.3, -0.25) is 0 Å². The highest BCUT2D eigenvalue weighted by atomic mass is 16.4. The predicted octanol–water partition coefficient (Wildman–Crippen LogP) is 2.26. The van der Waals surface area contributed by atoms with E-state index < -0.39 is 0 Å². The molecule has 2 aromatic heterocycles. The van der Waals surface area contributed by atoms with E-state index in [1.54, 1.807) is 6.20 Å². The zero-order chi connectivity index (χ0) is 8.55. The van der Waals surface area contributed by atoms with Crippen molar-refractivity contribution in [2.24, 2.45) is 0 Å². The van der Waals surface area contributed by atoms with Crippen LogP contribution in [0.3, 0.4) is 0 Å². The van der Waals surface area contributed by atoms with Crippen molar-refractivity contribution in [1.29, 1.82) is 0 Å². The van der Waals surface area contributed by atoms with Gasteiger partial charge in [0.15, 0.2) is 0 Å². The molecule has 0 atom stereocenters. The molecule has 0 aliphatic rings. The van der Waals surface area contributed by atoms with Gasteiger partial charge in [0, 0.05) is 11.8 Å². The molecular weight excluding hydrogens is 152 g/mol. The van der Waals surface area contributed by atoms with Crippen LogP contribution in [0.15, 0.2) is 29.3 Å². The van der Waals surface area contributed by atoms with Gasteiger partial charge in [0.2, 0.25) is 11.6 Å². The Morgan fingerprint density at radius 2 is 2.42 bits per heavy atom. The van der Waals surface area contributed by atoms with Gasteiger partial charge in [0.25, 0.3) is 0 Å². The Kier molecular flexibility index (Phi) is 1.43. The number of oxazole rings is 1. The maximum atomic E-state index is 5.31. The molecular formula is C9H8N2O. The van der Waals surface area contributed by atoms with E-state index in [0.29, 0.717) is 11.6 Å². The maximum Gasteiger partial charge on any atom is 0.247 e. The summed E-state index contributed by atoms with van der Waals surface area (Å²) < 4.78 is 5.31. The normalized spacial score (nSPS) is 10.4. The monoisotopic (exact) mass is 160 g/mol. The molecule has 0 spiro atoms. The van der Waals surface area contributed by atoms with E-state index in [0.717, 1.165) is 11.1 Å². The van der Waals surface area contributed by atoms with E-state index >= 15 is 0 Å². The highest BCUT2D eigenvalue weighted by Crippen LogP contribution is 2.16. The lowest BCUT2D eigenvalue weighted by Crippen LogP contribution is -1.73. The molecule has 0 N–H and O–H groups in total. The lowest BCUT2D eigenvalue weighted by Gasteiger charge is -1.84. The Labute approximate surface area is 69.8 Å². The molecule has 0 saturated heterocycles. The lowest BCUT2D eigenvalue weighted by molar-refractivity contribution is 0.573. The van der Waals surface area contributed by atoms with Crippen LogP contribution in [0.1, 0.15) is 12.8 Å². The molecule has 3 nitrogen and oxygen atoms in total. The lowest BCUT2D eigenvalue weighted by atomic mass is 10.3. The molecule has 0 amide bonds. The largest absolute Gasteiger partial charge is 0.418 e. The molecule has 0 saturated carbocycles. The van der Waals surface area contributed by atoms with Gasteiger partial charge in [-0.15, -0.1) is 0 Å². The molecule has 0 fully saturated rings. The maximum absolute atomic E-state index is 5.31. The summed E-state index contributed by atoms with van der Waals surface area (Å²) in [5.41, 5.74) is 2.15. The summed E-state index contributed by atoms with van der Waals surface area (Å²) in [4.78, 5) is 8.20. The third-order valence-electron chi connectivity index (χ3n) is 1.53. The van der Waals surface area contributed by atoms with E-state index in [1.807, 2.05) is 19.1 Å². The van der Waals surface area contributed by atoms with Crippen LogP contribution in [-0.2, 0) is 0 Å². The van der Waals surface area contributed by atoms with Crippen molar-refractivity contribution >= 4 is 16.8 Å². The number of pyridine rings is 1. The Bertz CT molecular complexity index is 398. The topological polar surface area (TPSA) is 38.9 Å². The zero-order valence-corrected chi connectivity index (χ0v) is 6.74. The first-order valence-electron chi connectivity index (χ1n) is 3.65. The van der Waals surface area contributed by atoms with E-state index in [4.69, 9.17) is 4.42 Å². The highest BCUT2D eigenvalue weighted by molar-refractivity contribution is 5.70. The molecule has 0 aromatic carbocycles. The molecule has 0 bridgehead atoms. The minimum Gasteiger partial charge on any atom is -0.418 e. The van der Waals surface area contributed by atoms with Gasteiger partial charge in [-0.1, -0.05) is 6.58 Å². The summed E-state index contributed by atoms with van der Waals surface area (Å²) in [7, 11) is 0. The molecule has 3 heteroatoms. The van der Waals surface area contributed by atoms with Gasteiger partial charge < -0.3 is 4.42 Å². The minimum absolute atomic E-state index is 0.559. The van der Waals surface area contributed by atoms with Crippen LogP contribution in [-0.4, -0.2) is 9.97 Å². The highest BCUT2D eigenvalue weighted by Gasteiger charge is 2.04. The fourth-order valence-electron chi connectivity index (χ4n) is 0.952. The van der Waals surface area contributed by atoms with E-state index in [1.165, 1.54) is 0 Å². The van der Waals surface area contributed by atoms with Gasteiger partial charge in [-0.2, -0.15) is 0 Å². The Morgan fingerprint density at radius 3 is 3.08 bits per heavy atom. The smallest absolute Gasteiger partial charge is 0.247 e. The number of rotatable bonds is 1. The van der Waals surface area contributed by atoms with Gasteiger partial charge in [0.05, 0.1) is 0 Å². The second-order valence-electron chi connectivity index (χ2n) is 2.63. The van der Waals surface area contributed by atoms with Gasteiger partial charge in [0.1, 0.15) is 5.52 Å². The SMILES string of the molecule is C=C(C)c1nc2cccnc2o1. The number of allylic oxidation sites excluding steroid dienone is 1. The van der Waals surface area contributed by atoms with Crippen LogP contribution in [0.2, 0.25) is 0 Å². The van der Waals surface area contributed by atoms with Crippen molar-refractivity contribution in [3.8, 4) is 0 Å². The van der Waals surface area contributed by atoms with Crippen molar-refractivity contribution in [3.05, 3.63) is 30.8 Å². The summed E-state index contributed by atoms with van der Waals surface area (Å²) in [5.74, 6) is 0.559. The summed E-state index contributed by atoms with van der Waals surface area (Å²) in [6.45, 7) is 5.59. The molecule has 0 aliphatic heterocycles. The van der Waals surface area contributed by atoms with Crippen molar-refractivity contribution in [1.82, 2.24) is 9.97 Å². The van der Waals surface area contributed by atoms with Crippen LogP contribution >= 0.6 is 0 Å². The minimum atomic E-state index is 0.559. The van der Waals surface area contributed by atoms with Gasteiger partial charge in [-0.25, -0.2) is 9.97 Å². The van der Waals surface area contributed by atoms with Crippen LogP contribution in [0.4, 0.5) is 0 Å². The predicted molar refractivity (Wildman–Crippen MR) is 46.5 cm³/mol. The van der Waals surface area contributed by atoms with Crippen LogP contribution in [0.5, 0.6) is 0 Å². The average Bonchev–Trinajstić information content (AvgIpc) is 2.46. The van der Waals surface area contributed by atoms with Crippen LogP contribution in [0, 0.1) is 0 Å². The number of aromatic nitrogens is 2.